The Morgan fingerprint density at radius 1 is 1.12 bits per heavy atom. The highest BCUT2D eigenvalue weighted by molar-refractivity contribution is 5.84. The minimum atomic E-state index is 0.802. The largest absolute Gasteiger partial charge is 0.399 e. The second-order valence-electron chi connectivity index (χ2n) is 3.95. The number of anilines is 1. The molecule has 16 heavy (non-hydrogen) atoms. The number of nitrogens with two attached hydrogens (primary N) is 1. The number of benzene rings is 1. The van der Waals surface area contributed by atoms with Crippen molar-refractivity contribution >= 4 is 11.3 Å². The summed E-state index contributed by atoms with van der Waals surface area (Å²) >= 11 is 0. The predicted octanol–water partition coefficient (Wildman–Crippen LogP) is 2.65. The van der Waals surface area contributed by atoms with Crippen LogP contribution in [-0.4, -0.2) is 4.98 Å². The molecule has 0 fully saturated rings. The Hall–Kier alpha value is -2.09. The zero-order chi connectivity index (χ0) is 11.0. The van der Waals surface area contributed by atoms with Crippen LogP contribution in [0.15, 0.2) is 48.7 Å². The number of fused-ring (bicyclic) bond motifs is 1. The summed E-state index contributed by atoms with van der Waals surface area (Å²) in [7, 11) is 0. The lowest BCUT2D eigenvalue weighted by molar-refractivity contribution is 1.13. The second-order valence-corrected chi connectivity index (χ2v) is 3.95. The quantitative estimate of drug-likeness (QED) is 0.732. The molecule has 2 nitrogen and oxygen atoms in total. The summed E-state index contributed by atoms with van der Waals surface area (Å²) < 4.78 is 0. The van der Waals surface area contributed by atoms with Gasteiger partial charge in [0.2, 0.25) is 0 Å². The molecule has 0 aliphatic heterocycles. The van der Waals surface area contributed by atoms with Gasteiger partial charge in [-0.2, -0.15) is 0 Å². The topological polar surface area (TPSA) is 38.9 Å². The fraction of sp³-hybridized carbons (Fsp3) is 0.0714. The van der Waals surface area contributed by atoms with Crippen molar-refractivity contribution in [1.82, 2.24) is 4.98 Å². The Bertz CT molecular complexity index is 570. The van der Waals surface area contributed by atoms with E-state index in [4.69, 9.17) is 5.73 Å². The summed E-state index contributed by atoms with van der Waals surface area (Å²) in [6.07, 6.45) is 4.97. The van der Waals surface area contributed by atoms with Crippen LogP contribution in [0, 0.1) is 0 Å². The molecule has 2 aromatic rings. The molecule has 3 rings (SSSR count). The van der Waals surface area contributed by atoms with Crippen molar-refractivity contribution in [2.45, 2.75) is 6.42 Å². The van der Waals surface area contributed by atoms with Gasteiger partial charge in [0.15, 0.2) is 0 Å². The molecule has 0 atom stereocenters. The van der Waals surface area contributed by atoms with Crippen LogP contribution < -0.4 is 5.73 Å². The summed E-state index contributed by atoms with van der Waals surface area (Å²) in [4.78, 5) is 4.37. The molecule has 0 saturated carbocycles. The normalized spacial score (nSPS) is 13.4. The monoisotopic (exact) mass is 208 g/mol. The van der Waals surface area contributed by atoms with Crippen LogP contribution in [0.25, 0.3) is 5.57 Å². The van der Waals surface area contributed by atoms with Crippen LogP contribution in [0.3, 0.4) is 0 Å². The third-order valence-electron chi connectivity index (χ3n) is 2.88. The molecule has 0 bridgehead atoms. The molecule has 2 heteroatoms. The first-order valence-corrected chi connectivity index (χ1v) is 5.35. The Labute approximate surface area is 94.4 Å². The zero-order valence-electron chi connectivity index (χ0n) is 8.85. The van der Waals surface area contributed by atoms with Gasteiger partial charge in [-0.25, -0.2) is 0 Å². The van der Waals surface area contributed by atoms with Crippen molar-refractivity contribution in [3.8, 4) is 0 Å². The molecule has 1 heterocycles. The Kier molecular flexibility index (Phi) is 2.00. The molecule has 1 aliphatic carbocycles. The highest BCUT2D eigenvalue weighted by Gasteiger charge is 2.15. The lowest BCUT2D eigenvalue weighted by Crippen LogP contribution is -1.91. The smallest absolute Gasteiger partial charge is 0.0519 e. The average molecular weight is 208 g/mol. The number of nitrogens with zero attached hydrogens (tertiary/aromatic N) is 1. The maximum Gasteiger partial charge on any atom is 0.0519 e. The summed E-state index contributed by atoms with van der Waals surface area (Å²) in [5.74, 6) is 0. The molecule has 1 aliphatic rings. The van der Waals surface area contributed by atoms with Crippen LogP contribution in [0.1, 0.15) is 16.8 Å². The molecule has 2 N–H and O–H groups in total. The van der Waals surface area contributed by atoms with Gasteiger partial charge in [-0.15, -0.1) is 0 Å². The maximum atomic E-state index is 5.80. The number of aromatic nitrogens is 1. The van der Waals surface area contributed by atoms with Crippen LogP contribution in [0.2, 0.25) is 0 Å². The Morgan fingerprint density at radius 2 is 2.06 bits per heavy atom. The van der Waals surface area contributed by atoms with Crippen LogP contribution in [0.5, 0.6) is 0 Å². The standard InChI is InChI=1S/C14H12N2/c15-11-4-1-3-10(9-11)12-6-7-14-13(12)5-2-8-16-14/h1-6,8-9H,7,15H2. The lowest BCUT2D eigenvalue weighted by atomic mass is 10.0. The van der Waals surface area contributed by atoms with E-state index in [1.54, 1.807) is 0 Å². The van der Waals surface area contributed by atoms with E-state index < -0.39 is 0 Å². The van der Waals surface area contributed by atoms with E-state index in [2.05, 4.69) is 23.2 Å². The summed E-state index contributed by atoms with van der Waals surface area (Å²) in [5, 5.41) is 0. The van der Waals surface area contributed by atoms with Crippen LogP contribution >= 0.6 is 0 Å². The number of pyridine rings is 1. The van der Waals surface area contributed by atoms with E-state index in [1.807, 2.05) is 30.5 Å². The van der Waals surface area contributed by atoms with E-state index in [1.165, 1.54) is 16.7 Å². The van der Waals surface area contributed by atoms with Crippen molar-refractivity contribution in [3.63, 3.8) is 0 Å². The molecule has 78 valence electrons. The van der Waals surface area contributed by atoms with Gasteiger partial charge in [-0.05, 0) is 29.3 Å². The number of allylic oxidation sites excluding steroid dienone is 1. The Morgan fingerprint density at radius 3 is 2.94 bits per heavy atom. The molecule has 0 amide bonds. The Balaban J connectivity index is 2.11. The number of hydrogen-bond donors (Lipinski definition) is 1. The third kappa shape index (κ3) is 1.39. The minimum Gasteiger partial charge on any atom is -0.399 e. The van der Waals surface area contributed by atoms with Crippen molar-refractivity contribution in [1.29, 1.82) is 0 Å². The molecular formula is C14H12N2. The maximum absolute atomic E-state index is 5.80. The van der Waals surface area contributed by atoms with Gasteiger partial charge in [-0.1, -0.05) is 24.3 Å². The molecule has 0 radical (unpaired) electrons. The number of nitrogen functional groups attached to an aromatic ring is 1. The van der Waals surface area contributed by atoms with E-state index >= 15 is 0 Å². The highest BCUT2D eigenvalue weighted by Crippen LogP contribution is 2.31. The fourth-order valence-electron chi connectivity index (χ4n) is 2.13. The molecule has 1 aromatic heterocycles. The first-order chi connectivity index (χ1) is 7.84. The summed E-state index contributed by atoms with van der Waals surface area (Å²) in [6.45, 7) is 0. The lowest BCUT2D eigenvalue weighted by Gasteiger charge is -2.05. The van der Waals surface area contributed by atoms with Gasteiger partial charge in [0, 0.05) is 23.9 Å². The summed E-state index contributed by atoms with van der Waals surface area (Å²) in [6, 6.07) is 12.1. The van der Waals surface area contributed by atoms with Gasteiger partial charge < -0.3 is 5.73 Å². The van der Waals surface area contributed by atoms with Crippen molar-refractivity contribution in [3.05, 3.63) is 65.5 Å². The van der Waals surface area contributed by atoms with E-state index in [9.17, 15) is 0 Å². The van der Waals surface area contributed by atoms with Crippen LogP contribution in [0.4, 0.5) is 5.69 Å². The molecule has 0 unspecified atom stereocenters. The fourth-order valence-corrected chi connectivity index (χ4v) is 2.13. The molecule has 1 aromatic carbocycles. The third-order valence-corrected chi connectivity index (χ3v) is 2.88. The van der Waals surface area contributed by atoms with Gasteiger partial charge in [0.25, 0.3) is 0 Å². The van der Waals surface area contributed by atoms with Crippen LogP contribution in [-0.2, 0) is 6.42 Å². The zero-order valence-corrected chi connectivity index (χ0v) is 8.85. The SMILES string of the molecule is Nc1cccc(C2=CCc3ncccc32)c1. The number of rotatable bonds is 1. The predicted molar refractivity (Wildman–Crippen MR) is 65.9 cm³/mol. The number of hydrogen-bond acceptors (Lipinski definition) is 2. The van der Waals surface area contributed by atoms with Gasteiger partial charge in [-0.3, -0.25) is 4.98 Å². The van der Waals surface area contributed by atoms with E-state index in [-0.39, 0.29) is 0 Å². The first-order valence-electron chi connectivity index (χ1n) is 5.35. The average Bonchev–Trinajstić information content (AvgIpc) is 2.72. The highest BCUT2D eigenvalue weighted by atomic mass is 14.7. The van der Waals surface area contributed by atoms with Gasteiger partial charge >= 0.3 is 0 Å². The van der Waals surface area contributed by atoms with Gasteiger partial charge in [0.1, 0.15) is 0 Å². The van der Waals surface area contributed by atoms with E-state index in [0.717, 1.165) is 17.8 Å². The van der Waals surface area contributed by atoms with Crippen molar-refractivity contribution in [2.75, 3.05) is 5.73 Å². The molecular weight excluding hydrogens is 196 g/mol. The first kappa shape index (κ1) is 9.16. The van der Waals surface area contributed by atoms with Crippen molar-refractivity contribution < 1.29 is 0 Å². The van der Waals surface area contributed by atoms with Crippen molar-refractivity contribution in [2.24, 2.45) is 0 Å². The molecule has 0 spiro atoms. The summed E-state index contributed by atoms with van der Waals surface area (Å²) in [5.41, 5.74) is 11.4. The minimum absolute atomic E-state index is 0.802. The molecule has 0 saturated heterocycles. The second kappa shape index (κ2) is 3.49. The van der Waals surface area contributed by atoms with Gasteiger partial charge in [0.05, 0.1) is 5.69 Å². The van der Waals surface area contributed by atoms with E-state index in [0.29, 0.717) is 0 Å².